The summed E-state index contributed by atoms with van der Waals surface area (Å²) in [6.07, 6.45) is 1.84. The first-order chi connectivity index (χ1) is 11.7. The fourth-order valence-corrected chi connectivity index (χ4v) is 3.32. The lowest BCUT2D eigenvalue weighted by atomic mass is 10.0. The van der Waals surface area contributed by atoms with Crippen LogP contribution < -0.4 is 15.8 Å². The number of H-pyrrole nitrogens is 1. The van der Waals surface area contributed by atoms with Crippen molar-refractivity contribution in [2.75, 3.05) is 25.5 Å². The molecular formula is C19H22N4O2. The summed E-state index contributed by atoms with van der Waals surface area (Å²) in [6.45, 7) is 3.42. The topological polar surface area (TPSA) is 107 Å². The van der Waals surface area contributed by atoms with E-state index in [0.717, 1.165) is 33.4 Å². The zero-order chi connectivity index (χ0) is 16.7. The van der Waals surface area contributed by atoms with Gasteiger partial charge in [-0.15, -0.1) is 0 Å². The molecule has 6 N–H and O–H groups in total. The van der Waals surface area contributed by atoms with Gasteiger partial charge >= 0.3 is 0 Å². The van der Waals surface area contributed by atoms with Gasteiger partial charge < -0.3 is 26.2 Å². The normalized spacial score (nSPS) is 11.0. The fourth-order valence-electron chi connectivity index (χ4n) is 3.32. The molecule has 0 unspecified atom stereocenters. The summed E-state index contributed by atoms with van der Waals surface area (Å²) in [6, 6.07) is 10.4. The highest BCUT2D eigenvalue weighted by Gasteiger charge is 2.13. The van der Waals surface area contributed by atoms with Crippen molar-refractivity contribution in [1.29, 1.82) is 0 Å². The molecule has 0 bridgehead atoms. The maximum atomic E-state index is 5.62. The van der Waals surface area contributed by atoms with E-state index >= 15 is 0 Å². The van der Waals surface area contributed by atoms with E-state index in [9.17, 15) is 0 Å². The number of nitrogens with two attached hydrogens (primary N) is 1. The third-order valence-electron chi connectivity index (χ3n) is 4.54. The molecule has 6 heteroatoms. The van der Waals surface area contributed by atoms with Gasteiger partial charge in [0.2, 0.25) is 0 Å². The first-order valence-corrected chi connectivity index (χ1v) is 8.04. The van der Waals surface area contributed by atoms with Crippen LogP contribution in [-0.4, -0.2) is 35.6 Å². The highest BCUT2D eigenvalue weighted by Crippen LogP contribution is 2.36. The van der Waals surface area contributed by atoms with Crippen molar-refractivity contribution in [2.24, 2.45) is 5.73 Å². The summed E-state index contributed by atoms with van der Waals surface area (Å²) >= 11 is 0. The Kier molecular flexibility index (Phi) is 4.48. The second kappa shape index (κ2) is 6.58. The fraction of sp³-hybridized carbons (Fsp3) is 0.211. The van der Waals surface area contributed by atoms with Gasteiger partial charge in [0.05, 0.1) is 12.6 Å². The number of nitrogens with zero attached hydrogens (tertiary/aromatic N) is 1. The zero-order valence-corrected chi connectivity index (χ0v) is 14.3. The molecule has 2 aromatic carbocycles. The Morgan fingerprint density at radius 1 is 1.12 bits per heavy atom. The lowest BCUT2D eigenvalue weighted by Gasteiger charge is -2.10. The number of nitrogens with one attached hydrogen (secondary N) is 2. The molecule has 0 atom stereocenters. The van der Waals surface area contributed by atoms with E-state index in [-0.39, 0.29) is 5.48 Å². The maximum absolute atomic E-state index is 5.62. The van der Waals surface area contributed by atoms with Crippen molar-refractivity contribution < 1.29 is 10.2 Å². The molecule has 130 valence electrons. The summed E-state index contributed by atoms with van der Waals surface area (Å²) in [4.78, 5) is 8.02. The average Bonchev–Trinajstić information content (AvgIpc) is 2.98. The summed E-state index contributed by atoms with van der Waals surface area (Å²) in [5.74, 6) is 1.73. The first kappa shape index (κ1) is 17.0. The average molecular weight is 338 g/mol. The third kappa shape index (κ3) is 2.65. The van der Waals surface area contributed by atoms with E-state index in [0.29, 0.717) is 13.1 Å². The number of benzene rings is 2. The van der Waals surface area contributed by atoms with E-state index < -0.39 is 0 Å². The van der Waals surface area contributed by atoms with E-state index in [2.05, 4.69) is 46.5 Å². The number of fused-ring (bicyclic) bond motifs is 4. The minimum absolute atomic E-state index is 0. The highest BCUT2D eigenvalue weighted by molar-refractivity contribution is 6.15. The van der Waals surface area contributed by atoms with Crippen LogP contribution in [0.5, 0.6) is 5.75 Å². The van der Waals surface area contributed by atoms with E-state index in [1.165, 1.54) is 16.3 Å². The number of aromatic nitrogens is 2. The van der Waals surface area contributed by atoms with Gasteiger partial charge in [-0.1, -0.05) is 0 Å². The first-order valence-electron chi connectivity index (χ1n) is 8.04. The molecule has 0 radical (unpaired) electrons. The number of hydrogen-bond donors (Lipinski definition) is 3. The summed E-state index contributed by atoms with van der Waals surface area (Å²) in [7, 11) is 1.69. The number of methoxy groups -OCH3 is 1. The second-order valence-electron chi connectivity index (χ2n) is 5.93. The van der Waals surface area contributed by atoms with Gasteiger partial charge in [-0.05, 0) is 48.2 Å². The van der Waals surface area contributed by atoms with E-state index in [1.807, 2.05) is 12.3 Å². The largest absolute Gasteiger partial charge is 0.497 e. The molecule has 0 saturated heterocycles. The lowest BCUT2D eigenvalue weighted by Crippen LogP contribution is -2.14. The van der Waals surface area contributed by atoms with Crippen molar-refractivity contribution in [3.8, 4) is 5.75 Å². The van der Waals surface area contributed by atoms with Crippen molar-refractivity contribution in [1.82, 2.24) is 9.97 Å². The Hall–Kier alpha value is -2.83. The predicted octanol–water partition coefficient (Wildman–Crippen LogP) is 2.73. The lowest BCUT2D eigenvalue weighted by molar-refractivity contribution is 0.415. The number of anilines is 1. The molecule has 0 aliphatic rings. The molecule has 0 aliphatic heterocycles. The Morgan fingerprint density at radius 2 is 1.96 bits per heavy atom. The van der Waals surface area contributed by atoms with Crippen molar-refractivity contribution in [3.63, 3.8) is 0 Å². The van der Waals surface area contributed by atoms with Crippen LogP contribution in [0.1, 0.15) is 5.56 Å². The molecule has 0 spiro atoms. The molecule has 6 nitrogen and oxygen atoms in total. The summed E-state index contributed by atoms with van der Waals surface area (Å²) < 4.78 is 5.38. The minimum Gasteiger partial charge on any atom is -0.497 e. The number of pyridine rings is 1. The Labute approximate surface area is 145 Å². The Balaban J connectivity index is 0.00000182. The van der Waals surface area contributed by atoms with E-state index in [1.54, 1.807) is 7.11 Å². The van der Waals surface area contributed by atoms with Gasteiger partial charge in [0, 0.05) is 41.0 Å². The molecule has 0 aliphatic carbocycles. The van der Waals surface area contributed by atoms with Gasteiger partial charge in [0.15, 0.2) is 0 Å². The SMILES string of the molecule is COc1ccc2[nH]c3c(C)c4ccnc(NCCN)c4cc3c2c1.O. The van der Waals surface area contributed by atoms with Gasteiger partial charge in [0.25, 0.3) is 0 Å². The summed E-state index contributed by atoms with van der Waals surface area (Å²) in [5, 5.41) is 7.96. The van der Waals surface area contributed by atoms with Crippen LogP contribution in [0.2, 0.25) is 0 Å². The van der Waals surface area contributed by atoms with Crippen LogP contribution in [-0.2, 0) is 0 Å². The maximum Gasteiger partial charge on any atom is 0.133 e. The molecule has 0 saturated carbocycles. The number of aryl methyl sites for hydroxylation is 1. The predicted molar refractivity (Wildman–Crippen MR) is 104 cm³/mol. The van der Waals surface area contributed by atoms with Crippen molar-refractivity contribution in [3.05, 3.63) is 42.1 Å². The van der Waals surface area contributed by atoms with Crippen LogP contribution >= 0.6 is 0 Å². The monoisotopic (exact) mass is 338 g/mol. The van der Waals surface area contributed by atoms with Crippen LogP contribution in [0.15, 0.2) is 36.5 Å². The van der Waals surface area contributed by atoms with Gasteiger partial charge in [-0.3, -0.25) is 0 Å². The molecule has 4 rings (SSSR count). The van der Waals surface area contributed by atoms with Crippen molar-refractivity contribution in [2.45, 2.75) is 6.92 Å². The molecule has 0 amide bonds. The quantitative estimate of drug-likeness (QED) is 0.531. The highest BCUT2D eigenvalue weighted by atomic mass is 16.5. The van der Waals surface area contributed by atoms with Crippen LogP contribution in [0, 0.1) is 6.92 Å². The van der Waals surface area contributed by atoms with Crippen LogP contribution in [0.25, 0.3) is 32.6 Å². The minimum atomic E-state index is 0. The molecule has 2 heterocycles. The number of rotatable bonds is 4. The van der Waals surface area contributed by atoms with E-state index in [4.69, 9.17) is 10.5 Å². The smallest absolute Gasteiger partial charge is 0.133 e. The van der Waals surface area contributed by atoms with Crippen LogP contribution in [0.3, 0.4) is 0 Å². The number of hydrogen-bond acceptors (Lipinski definition) is 4. The van der Waals surface area contributed by atoms with Gasteiger partial charge in [-0.25, -0.2) is 4.98 Å². The molecule has 2 aromatic heterocycles. The molecule has 4 aromatic rings. The second-order valence-corrected chi connectivity index (χ2v) is 5.93. The summed E-state index contributed by atoms with van der Waals surface area (Å²) in [5.41, 5.74) is 9.10. The third-order valence-corrected chi connectivity index (χ3v) is 4.54. The van der Waals surface area contributed by atoms with Crippen LogP contribution in [0.4, 0.5) is 5.82 Å². The molecule has 25 heavy (non-hydrogen) atoms. The number of aromatic amines is 1. The molecule has 0 fully saturated rings. The number of ether oxygens (including phenoxy) is 1. The van der Waals surface area contributed by atoms with Gasteiger partial charge in [-0.2, -0.15) is 0 Å². The Morgan fingerprint density at radius 3 is 2.72 bits per heavy atom. The van der Waals surface area contributed by atoms with Gasteiger partial charge in [0.1, 0.15) is 11.6 Å². The van der Waals surface area contributed by atoms with Crippen molar-refractivity contribution >= 4 is 38.4 Å². The standard InChI is InChI=1S/C19H20N4O.H2O/c1-11-13-5-7-21-19(22-8-6-20)16(13)10-15-14-9-12(24-2)3-4-17(14)23-18(11)15;/h3-5,7,9-10,23H,6,8,20H2,1-2H3,(H,21,22);1H2. The molecular weight excluding hydrogens is 316 g/mol. The zero-order valence-electron chi connectivity index (χ0n) is 14.3. The Bertz CT molecular complexity index is 1060.